The van der Waals surface area contributed by atoms with Gasteiger partial charge in [-0.05, 0) is 40.1 Å². The van der Waals surface area contributed by atoms with Crippen LogP contribution < -0.4 is 11.1 Å². The summed E-state index contributed by atoms with van der Waals surface area (Å²) in [5.74, 6) is 0.739. The van der Waals surface area contributed by atoms with E-state index < -0.39 is 11.0 Å². The number of pyridine rings is 1. The summed E-state index contributed by atoms with van der Waals surface area (Å²) in [7, 11) is 2.38. The molecular formula is C11H20N4OS. The summed E-state index contributed by atoms with van der Waals surface area (Å²) in [6.45, 7) is 4.51. The highest BCUT2D eigenvalue weighted by molar-refractivity contribution is 7.82. The minimum Gasteiger partial charge on any atom is -0.368 e. The Kier molecular flexibility index (Phi) is 4.62. The summed E-state index contributed by atoms with van der Waals surface area (Å²) >= 11 is 0. The average Bonchev–Trinajstić information content (AvgIpc) is 2.25. The van der Waals surface area contributed by atoms with Crippen LogP contribution in [0, 0.1) is 0 Å². The number of nitrogens with one attached hydrogen (secondary N) is 1. The van der Waals surface area contributed by atoms with Gasteiger partial charge in [0.1, 0.15) is 16.8 Å². The lowest BCUT2D eigenvalue weighted by molar-refractivity contribution is 0.548. The maximum atomic E-state index is 11.7. The van der Waals surface area contributed by atoms with Crippen LogP contribution in [0.4, 0.5) is 5.82 Å². The van der Waals surface area contributed by atoms with Crippen LogP contribution in [0.3, 0.4) is 0 Å². The molecule has 5 nitrogen and oxygen atoms in total. The Morgan fingerprint density at radius 3 is 2.53 bits per heavy atom. The first-order valence-electron chi connectivity index (χ1n) is 5.37. The van der Waals surface area contributed by atoms with Crippen molar-refractivity contribution < 1.29 is 4.21 Å². The van der Waals surface area contributed by atoms with Gasteiger partial charge in [0.2, 0.25) is 0 Å². The fourth-order valence-corrected chi connectivity index (χ4v) is 1.87. The third-order valence-corrected chi connectivity index (χ3v) is 3.30. The molecule has 0 aromatic carbocycles. The van der Waals surface area contributed by atoms with Crippen LogP contribution in [0.25, 0.3) is 0 Å². The third kappa shape index (κ3) is 4.80. The van der Waals surface area contributed by atoms with Crippen molar-refractivity contribution >= 4 is 16.8 Å². The van der Waals surface area contributed by atoms with Crippen LogP contribution in [0.1, 0.15) is 13.8 Å². The van der Waals surface area contributed by atoms with Crippen molar-refractivity contribution in [3.05, 3.63) is 18.3 Å². The predicted octanol–water partition coefficient (Wildman–Crippen LogP) is 0.815. The number of hydrogen-bond donors (Lipinski definition) is 2. The maximum Gasteiger partial charge on any atom is 0.128 e. The van der Waals surface area contributed by atoms with Gasteiger partial charge in [0.05, 0.1) is 4.90 Å². The van der Waals surface area contributed by atoms with Gasteiger partial charge in [-0.2, -0.15) is 0 Å². The Bertz CT molecular complexity index is 383. The molecule has 1 unspecified atom stereocenters. The number of aromatic nitrogens is 1. The van der Waals surface area contributed by atoms with Crippen LogP contribution in [0.5, 0.6) is 0 Å². The average molecular weight is 256 g/mol. The van der Waals surface area contributed by atoms with Crippen molar-refractivity contribution in [2.45, 2.75) is 24.3 Å². The van der Waals surface area contributed by atoms with Gasteiger partial charge in [0, 0.05) is 18.3 Å². The molecule has 1 aromatic heterocycles. The van der Waals surface area contributed by atoms with Gasteiger partial charge in [0.15, 0.2) is 0 Å². The zero-order valence-corrected chi connectivity index (χ0v) is 11.5. The normalized spacial score (nSPS) is 13.8. The summed E-state index contributed by atoms with van der Waals surface area (Å²) in [6.07, 6.45) is 1.61. The molecule has 0 amide bonds. The summed E-state index contributed by atoms with van der Waals surface area (Å²) in [5.41, 5.74) is 5.57. The second-order valence-electron chi connectivity index (χ2n) is 4.78. The highest BCUT2D eigenvalue weighted by atomic mass is 32.2. The third-order valence-electron chi connectivity index (χ3n) is 1.99. The predicted molar refractivity (Wildman–Crippen MR) is 71.1 cm³/mol. The molecule has 0 aliphatic heterocycles. The zero-order valence-electron chi connectivity index (χ0n) is 10.7. The monoisotopic (exact) mass is 256 g/mol. The van der Waals surface area contributed by atoms with E-state index in [1.807, 2.05) is 19.9 Å². The molecular weight excluding hydrogens is 236 g/mol. The van der Waals surface area contributed by atoms with E-state index >= 15 is 0 Å². The summed E-state index contributed by atoms with van der Waals surface area (Å²) < 4.78 is 13.4. The molecule has 1 rings (SSSR count). The van der Waals surface area contributed by atoms with Crippen LogP contribution in [0.15, 0.2) is 23.2 Å². The quantitative estimate of drug-likeness (QED) is 0.818. The smallest absolute Gasteiger partial charge is 0.128 e. The molecule has 1 atom stereocenters. The van der Waals surface area contributed by atoms with Crippen molar-refractivity contribution in [3.63, 3.8) is 0 Å². The lowest BCUT2D eigenvalue weighted by atomic mass is 10.1. The lowest BCUT2D eigenvalue weighted by Crippen LogP contribution is -2.39. The number of nitrogens with two attached hydrogens (primary N) is 1. The highest BCUT2D eigenvalue weighted by Gasteiger charge is 2.11. The summed E-state index contributed by atoms with van der Waals surface area (Å²) in [6, 6.07) is 3.61. The Morgan fingerprint density at radius 2 is 2.12 bits per heavy atom. The number of hydrogen-bond acceptors (Lipinski definition) is 4. The van der Waals surface area contributed by atoms with E-state index in [4.69, 9.17) is 5.73 Å². The Labute approximate surface area is 105 Å². The van der Waals surface area contributed by atoms with Gasteiger partial charge in [-0.25, -0.2) is 13.5 Å². The standard InChI is InChI=1S/C11H20N4OS/c1-11(2,12)8-14-10-6-5-9(7-13-10)17(16)15(3)4/h5-7H,8,12H2,1-4H3,(H,13,14). The van der Waals surface area contributed by atoms with E-state index in [0.29, 0.717) is 11.4 Å². The molecule has 0 aliphatic rings. The summed E-state index contributed by atoms with van der Waals surface area (Å²) in [5, 5.41) is 3.13. The zero-order chi connectivity index (χ0) is 13.1. The first kappa shape index (κ1) is 14.1. The van der Waals surface area contributed by atoms with Gasteiger partial charge in [-0.15, -0.1) is 0 Å². The Morgan fingerprint density at radius 1 is 1.47 bits per heavy atom. The minimum atomic E-state index is -1.15. The van der Waals surface area contributed by atoms with Crippen molar-refractivity contribution in [1.82, 2.24) is 9.29 Å². The minimum absolute atomic E-state index is 0.285. The largest absolute Gasteiger partial charge is 0.368 e. The van der Waals surface area contributed by atoms with E-state index in [1.165, 1.54) is 0 Å². The molecule has 0 saturated carbocycles. The van der Waals surface area contributed by atoms with Gasteiger partial charge in [0.25, 0.3) is 0 Å². The molecule has 96 valence electrons. The second-order valence-corrected chi connectivity index (χ2v) is 6.48. The van der Waals surface area contributed by atoms with Crippen molar-refractivity contribution in [1.29, 1.82) is 0 Å². The van der Waals surface area contributed by atoms with Crippen molar-refractivity contribution in [2.24, 2.45) is 5.73 Å². The van der Waals surface area contributed by atoms with Gasteiger partial charge < -0.3 is 11.1 Å². The van der Waals surface area contributed by atoms with E-state index in [2.05, 4.69) is 10.3 Å². The Balaban J connectivity index is 2.66. The fourth-order valence-electron chi connectivity index (χ4n) is 1.12. The van der Waals surface area contributed by atoms with Gasteiger partial charge in [-0.1, -0.05) is 0 Å². The molecule has 0 bridgehead atoms. The molecule has 0 spiro atoms. The van der Waals surface area contributed by atoms with E-state index in [1.54, 1.807) is 30.7 Å². The SMILES string of the molecule is CN(C)S(=O)c1ccc(NCC(C)(C)N)nc1. The summed E-state index contributed by atoms with van der Waals surface area (Å²) in [4.78, 5) is 4.89. The molecule has 1 aromatic rings. The fraction of sp³-hybridized carbons (Fsp3) is 0.545. The first-order valence-corrected chi connectivity index (χ1v) is 6.48. The number of anilines is 1. The number of rotatable bonds is 5. The molecule has 6 heteroatoms. The number of nitrogens with zero attached hydrogens (tertiary/aromatic N) is 2. The van der Waals surface area contributed by atoms with E-state index in [-0.39, 0.29) is 5.54 Å². The second kappa shape index (κ2) is 5.57. The van der Waals surface area contributed by atoms with Gasteiger partial charge in [-0.3, -0.25) is 0 Å². The van der Waals surface area contributed by atoms with Crippen LogP contribution in [-0.4, -0.2) is 39.7 Å². The molecule has 0 aliphatic carbocycles. The topological polar surface area (TPSA) is 71.2 Å². The van der Waals surface area contributed by atoms with Crippen LogP contribution in [-0.2, 0) is 11.0 Å². The van der Waals surface area contributed by atoms with Gasteiger partial charge >= 0.3 is 0 Å². The molecule has 3 N–H and O–H groups in total. The van der Waals surface area contributed by atoms with E-state index in [0.717, 1.165) is 5.82 Å². The van der Waals surface area contributed by atoms with Crippen molar-refractivity contribution in [3.8, 4) is 0 Å². The highest BCUT2D eigenvalue weighted by Crippen LogP contribution is 2.11. The first-order chi connectivity index (χ1) is 7.79. The molecule has 17 heavy (non-hydrogen) atoms. The molecule has 0 radical (unpaired) electrons. The lowest BCUT2D eigenvalue weighted by Gasteiger charge is -2.19. The maximum absolute atomic E-state index is 11.7. The molecule has 0 fully saturated rings. The molecule has 0 saturated heterocycles. The van der Waals surface area contributed by atoms with Crippen molar-refractivity contribution in [2.75, 3.05) is 26.0 Å². The van der Waals surface area contributed by atoms with E-state index in [9.17, 15) is 4.21 Å². The Hall–Kier alpha value is -0.980. The van der Waals surface area contributed by atoms with Crippen LogP contribution >= 0.6 is 0 Å². The molecule has 1 heterocycles. The van der Waals surface area contributed by atoms with Crippen LogP contribution in [0.2, 0.25) is 0 Å².